The van der Waals surface area contributed by atoms with Crippen molar-refractivity contribution in [2.24, 2.45) is 0 Å². The molecular formula is C8H7F4N. The van der Waals surface area contributed by atoms with Crippen LogP contribution in [0, 0.1) is 0 Å². The van der Waals surface area contributed by atoms with E-state index >= 15 is 0 Å². The summed E-state index contributed by atoms with van der Waals surface area (Å²) in [5.74, 6) is -4.18. The van der Waals surface area contributed by atoms with E-state index in [1.165, 1.54) is 12.1 Å². The van der Waals surface area contributed by atoms with Gasteiger partial charge in [-0.3, -0.25) is 0 Å². The highest BCUT2D eigenvalue weighted by Gasteiger charge is 2.43. The van der Waals surface area contributed by atoms with Gasteiger partial charge in [-0.2, -0.15) is 8.78 Å². The molecule has 0 radical (unpaired) electrons. The summed E-state index contributed by atoms with van der Waals surface area (Å²) in [5, 5.41) is 0. The van der Waals surface area contributed by atoms with Crippen LogP contribution in [0.15, 0.2) is 24.3 Å². The standard InChI is InChI=1S/C8H7F4N/c9-7(10)8(11,12)5-3-1-2-4-6(5)13/h1-4,7H,13H2. The molecule has 0 aliphatic heterocycles. The van der Waals surface area contributed by atoms with Crippen LogP contribution in [0.5, 0.6) is 0 Å². The van der Waals surface area contributed by atoms with Crippen molar-refractivity contribution in [3.8, 4) is 0 Å². The molecule has 5 heteroatoms. The van der Waals surface area contributed by atoms with Gasteiger partial charge in [0.25, 0.3) is 0 Å². The maximum absolute atomic E-state index is 12.7. The molecule has 0 aromatic heterocycles. The lowest BCUT2D eigenvalue weighted by molar-refractivity contribution is -0.134. The second kappa shape index (κ2) is 3.24. The zero-order chi connectivity index (χ0) is 10.1. The van der Waals surface area contributed by atoms with Crippen molar-refractivity contribution in [1.29, 1.82) is 0 Å². The fourth-order valence-electron chi connectivity index (χ4n) is 0.918. The molecule has 13 heavy (non-hydrogen) atoms. The zero-order valence-corrected chi connectivity index (χ0v) is 6.48. The van der Waals surface area contributed by atoms with E-state index in [1.807, 2.05) is 0 Å². The number of rotatable bonds is 2. The quantitative estimate of drug-likeness (QED) is 0.567. The van der Waals surface area contributed by atoms with E-state index in [0.717, 1.165) is 12.1 Å². The number of hydrogen-bond donors (Lipinski definition) is 1. The summed E-state index contributed by atoms with van der Waals surface area (Å²) in [7, 11) is 0. The number of halogens is 4. The van der Waals surface area contributed by atoms with Crippen molar-refractivity contribution in [1.82, 2.24) is 0 Å². The Morgan fingerprint density at radius 2 is 1.69 bits per heavy atom. The predicted octanol–water partition coefficient (Wildman–Crippen LogP) is 2.63. The van der Waals surface area contributed by atoms with Gasteiger partial charge >= 0.3 is 12.3 Å². The molecule has 1 rings (SSSR count). The molecule has 72 valence electrons. The van der Waals surface area contributed by atoms with Crippen LogP contribution in [-0.4, -0.2) is 6.43 Å². The molecule has 0 bridgehead atoms. The van der Waals surface area contributed by atoms with Gasteiger partial charge < -0.3 is 5.73 Å². The minimum atomic E-state index is -4.18. The summed E-state index contributed by atoms with van der Waals surface area (Å²) in [6.45, 7) is 0. The molecule has 1 aromatic rings. The Bertz CT molecular complexity index is 298. The van der Waals surface area contributed by atoms with Crippen LogP contribution in [0.4, 0.5) is 23.2 Å². The number of anilines is 1. The normalized spacial score (nSPS) is 12.1. The van der Waals surface area contributed by atoms with Crippen LogP contribution in [0.1, 0.15) is 5.56 Å². The van der Waals surface area contributed by atoms with Gasteiger partial charge in [-0.25, -0.2) is 8.78 Å². The summed E-state index contributed by atoms with van der Waals surface area (Å²) >= 11 is 0. The fourth-order valence-corrected chi connectivity index (χ4v) is 0.918. The van der Waals surface area contributed by atoms with E-state index < -0.39 is 17.9 Å². The molecule has 0 atom stereocenters. The zero-order valence-electron chi connectivity index (χ0n) is 6.48. The van der Waals surface area contributed by atoms with Gasteiger partial charge in [0.2, 0.25) is 0 Å². The molecule has 0 unspecified atom stereocenters. The van der Waals surface area contributed by atoms with Gasteiger partial charge in [-0.1, -0.05) is 18.2 Å². The molecule has 0 fully saturated rings. The fraction of sp³-hybridized carbons (Fsp3) is 0.250. The lowest BCUT2D eigenvalue weighted by Crippen LogP contribution is -2.24. The Hall–Kier alpha value is -1.26. The molecule has 2 N–H and O–H groups in total. The highest BCUT2D eigenvalue weighted by Crippen LogP contribution is 2.37. The Morgan fingerprint density at radius 3 is 2.15 bits per heavy atom. The number of nitrogen functional groups attached to an aromatic ring is 1. The molecule has 0 saturated heterocycles. The Morgan fingerprint density at radius 1 is 1.15 bits per heavy atom. The maximum atomic E-state index is 12.7. The Kier molecular flexibility index (Phi) is 2.45. The Balaban J connectivity index is 3.14. The van der Waals surface area contributed by atoms with E-state index in [4.69, 9.17) is 5.73 Å². The third-order valence-electron chi connectivity index (χ3n) is 1.59. The first-order valence-corrected chi connectivity index (χ1v) is 3.47. The van der Waals surface area contributed by atoms with E-state index in [1.54, 1.807) is 0 Å². The van der Waals surface area contributed by atoms with Gasteiger partial charge in [0.15, 0.2) is 0 Å². The summed E-state index contributed by atoms with van der Waals surface area (Å²) < 4.78 is 49.2. The van der Waals surface area contributed by atoms with Gasteiger partial charge in [-0.05, 0) is 6.07 Å². The largest absolute Gasteiger partial charge is 0.398 e. The average molecular weight is 193 g/mol. The summed E-state index contributed by atoms with van der Waals surface area (Å²) in [6.07, 6.45) is -3.74. The molecule has 0 aliphatic rings. The van der Waals surface area contributed by atoms with E-state index in [9.17, 15) is 17.6 Å². The molecular weight excluding hydrogens is 186 g/mol. The van der Waals surface area contributed by atoms with Crippen LogP contribution in [0.25, 0.3) is 0 Å². The molecule has 0 spiro atoms. The first-order chi connectivity index (χ1) is 5.96. The molecule has 0 heterocycles. The van der Waals surface area contributed by atoms with E-state index in [-0.39, 0.29) is 5.69 Å². The van der Waals surface area contributed by atoms with Crippen LogP contribution in [0.2, 0.25) is 0 Å². The van der Waals surface area contributed by atoms with Crippen molar-refractivity contribution in [2.45, 2.75) is 12.3 Å². The summed E-state index contributed by atoms with van der Waals surface area (Å²) in [5.41, 5.74) is 3.98. The number of hydrogen-bond acceptors (Lipinski definition) is 1. The van der Waals surface area contributed by atoms with Crippen LogP contribution in [-0.2, 0) is 5.92 Å². The second-order valence-corrected chi connectivity index (χ2v) is 2.51. The highest BCUT2D eigenvalue weighted by atomic mass is 19.3. The monoisotopic (exact) mass is 193 g/mol. The average Bonchev–Trinajstić information content (AvgIpc) is 2.04. The van der Waals surface area contributed by atoms with E-state index in [2.05, 4.69) is 0 Å². The predicted molar refractivity (Wildman–Crippen MR) is 40.8 cm³/mol. The van der Waals surface area contributed by atoms with Crippen LogP contribution >= 0.6 is 0 Å². The summed E-state index contributed by atoms with van der Waals surface area (Å²) in [4.78, 5) is 0. The highest BCUT2D eigenvalue weighted by molar-refractivity contribution is 5.48. The van der Waals surface area contributed by atoms with Crippen LogP contribution in [0.3, 0.4) is 0 Å². The number of nitrogens with two attached hydrogens (primary N) is 1. The van der Waals surface area contributed by atoms with Crippen molar-refractivity contribution in [2.75, 3.05) is 5.73 Å². The van der Waals surface area contributed by atoms with Crippen molar-refractivity contribution < 1.29 is 17.6 Å². The first-order valence-electron chi connectivity index (χ1n) is 3.47. The third kappa shape index (κ3) is 1.74. The topological polar surface area (TPSA) is 26.0 Å². The van der Waals surface area contributed by atoms with Crippen LogP contribution < -0.4 is 5.73 Å². The number of para-hydroxylation sites is 1. The SMILES string of the molecule is Nc1ccccc1C(F)(F)C(F)F. The minimum Gasteiger partial charge on any atom is -0.398 e. The van der Waals surface area contributed by atoms with Gasteiger partial charge in [0.05, 0.1) is 0 Å². The summed E-state index contributed by atoms with van der Waals surface area (Å²) in [6, 6.07) is 4.69. The lowest BCUT2D eigenvalue weighted by atomic mass is 10.1. The van der Waals surface area contributed by atoms with Crippen molar-refractivity contribution in [3.63, 3.8) is 0 Å². The number of benzene rings is 1. The molecule has 1 nitrogen and oxygen atoms in total. The third-order valence-corrected chi connectivity index (χ3v) is 1.59. The van der Waals surface area contributed by atoms with E-state index in [0.29, 0.717) is 0 Å². The van der Waals surface area contributed by atoms with Crippen molar-refractivity contribution >= 4 is 5.69 Å². The first kappa shape index (κ1) is 9.83. The van der Waals surface area contributed by atoms with Crippen molar-refractivity contribution in [3.05, 3.63) is 29.8 Å². The number of alkyl halides is 4. The van der Waals surface area contributed by atoms with Gasteiger partial charge in [-0.15, -0.1) is 0 Å². The molecule has 0 amide bonds. The van der Waals surface area contributed by atoms with Gasteiger partial charge in [0.1, 0.15) is 0 Å². The lowest BCUT2D eigenvalue weighted by Gasteiger charge is -2.16. The second-order valence-electron chi connectivity index (χ2n) is 2.51. The molecule has 0 aliphatic carbocycles. The molecule has 0 saturated carbocycles. The Labute approximate surface area is 72.2 Å². The maximum Gasteiger partial charge on any atom is 0.334 e. The molecule has 1 aromatic carbocycles. The van der Waals surface area contributed by atoms with Gasteiger partial charge in [0, 0.05) is 11.3 Å². The minimum absolute atomic E-state index is 0.326. The smallest absolute Gasteiger partial charge is 0.334 e.